The number of likely N-dealkylation sites (N-methyl/N-ethyl adjacent to an activating group) is 1. The van der Waals surface area contributed by atoms with Gasteiger partial charge in [-0.1, -0.05) is 13.8 Å². The van der Waals surface area contributed by atoms with Gasteiger partial charge in [-0.2, -0.15) is 0 Å². The van der Waals surface area contributed by atoms with Crippen LogP contribution < -0.4 is 10.5 Å². The lowest BCUT2D eigenvalue weighted by atomic mass is 10.0. The Kier molecular flexibility index (Phi) is 4.92. The van der Waals surface area contributed by atoms with Crippen LogP contribution in [0.15, 0.2) is 17.2 Å². The van der Waals surface area contributed by atoms with E-state index in [1.165, 1.54) is 4.90 Å². The molecule has 112 valence electrons. The lowest BCUT2D eigenvalue weighted by molar-refractivity contribution is -0.142. The molecule has 20 heavy (non-hydrogen) atoms. The highest BCUT2D eigenvalue weighted by Crippen LogP contribution is 2.19. The molecular formula is C14H23N3O3. The largest absolute Gasteiger partial charge is 0.480 e. The number of nitrogens with zero attached hydrogens (tertiary/aromatic N) is 3. The van der Waals surface area contributed by atoms with Crippen LogP contribution >= 0.6 is 0 Å². The number of rotatable bonds is 6. The Balaban J connectivity index is 3.31. The predicted molar refractivity (Wildman–Crippen MR) is 78.1 cm³/mol. The Hall–Kier alpha value is -1.85. The molecule has 1 aromatic rings. The molecule has 0 spiro atoms. The third-order valence-electron chi connectivity index (χ3n) is 3.23. The minimum Gasteiger partial charge on any atom is -0.480 e. The molecule has 0 saturated carbocycles. The van der Waals surface area contributed by atoms with Gasteiger partial charge in [0.15, 0.2) is 5.82 Å². The zero-order chi connectivity index (χ0) is 15.5. The fraction of sp³-hybridized carbons (Fsp3) is 0.643. The summed E-state index contributed by atoms with van der Waals surface area (Å²) in [6.45, 7) is 9.97. The van der Waals surface area contributed by atoms with Gasteiger partial charge in [-0.25, -0.2) is 9.78 Å². The first-order chi connectivity index (χ1) is 9.21. The summed E-state index contributed by atoms with van der Waals surface area (Å²) >= 11 is 0. The number of aromatic nitrogens is 2. The van der Waals surface area contributed by atoms with E-state index in [-0.39, 0.29) is 11.4 Å². The first kappa shape index (κ1) is 16.2. The van der Waals surface area contributed by atoms with Crippen LogP contribution in [0.2, 0.25) is 0 Å². The van der Waals surface area contributed by atoms with Crippen LogP contribution in [-0.4, -0.2) is 32.7 Å². The number of carboxylic acids is 1. The highest BCUT2D eigenvalue weighted by Gasteiger charge is 2.36. The van der Waals surface area contributed by atoms with Crippen LogP contribution in [0.5, 0.6) is 0 Å². The van der Waals surface area contributed by atoms with Crippen molar-refractivity contribution in [3.63, 3.8) is 0 Å². The molecule has 1 aromatic heterocycles. The van der Waals surface area contributed by atoms with Crippen molar-refractivity contribution in [2.45, 2.75) is 46.7 Å². The number of carboxylic acid groups (broad SMARTS) is 1. The Morgan fingerprint density at radius 3 is 2.55 bits per heavy atom. The maximum Gasteiger partial charge on any atom is 0.329 e. The molecule has 1 N–H and O–H groups in total. The van der Waals surface area contributed by atoms with Gasteiger partial charge in [-0.15, -0.1) is 0 Å². The van der Waals surface area contributed by atoms with Crippen molar-refractivity contribution in [3.8, 4) is 0 Å². The fourth-order valence-electron chi connectivity index (χ4n) is 2.08. The Bertz CT molecular complexity index is 535. The summed E-state index contributed by atoms with van der Waals surface area (Å²) < 4.78 is 1.58. The van der Waals surface area contributed by atoms with Gasteiger partial charge in [0, 0.05) is 25.5 Å². The molecule has 0 amide bonds. The third-order valence-corrected chi connectivity index (χ3v) is 3.23. The van der Waals surface area contributed by atoms with Crippen molar-refractivity contribution in [3.05, 3.63) is 22.7 Å². The standard InChI is InChI=1S/C14H23N3O3/c1-6-17(14(4,5)13(19)20)11-12(18)16(8-7-15-11)9-10(2)3/h7-8,10H,6,9H2,1-5H3,(H,19,20). The average molecular weight is 281 g/mol. The third kappa shape index (κ3) is 3.18. The minimum absolute atomic E-state index is 0.183. The molecule has 0 radical (unpaired) electrons. The maximum absolute atomic E-state index is 12.4. The monoisotopic (exact) mass is 281 g/mol. The number of hydrogen-bond acceptors (Lipinski definition) is 4. The molecule has 0 aliphatic carbocycles. The van der Waals surface area contributed by atoms with Gasteiger partial charge in [-0.3, -0.25) is 4.79 Å². The van der Waals surface area contributed by atoms with E-state index in [2.05, 4.69) is 4.98 Å². The van der Waals surface area contributed by atoms with E-state index in [9.17, 15) is 14.7 Å². The van der Waals surface area contributed by atoms with Crippen molar-refractivity contribution >= 4 is 11.8 Å². The summed E-state index contributed by atoms with van der Waals surface area (Å²) in [5, 5.41) is 9.33. The molecule has 6 nitrogen and oxygen atoms in total. The van der Waals surface area contributed by atoms with Gasteiger partial charge in [0.05, 0.1) is 0 Å². The Labute approximate surface area is 119 Å². The lowest BCUT2D eigenvalue weighted by Gasteiger charge is -2.34. The quantitative estimate of drug-likeness (QED) is 0.857. The van der Waals surface area contributed by atoms with E-state index in [4.69, 9.17) is 0 Å². The summed E-state index contributed by atoms with van der Waals surface area (Å²) in [6.07, 6.45) is 3.17. The topological polar surface area (TPSA) is 75.4 Å². The molecule has 0 bridgehead atoms. The summed E-state index contributed by atoms with van der Waals surface area (Å²) in [7, 11) is 0. The first-order valence-electron chi connectivity index (χ1n) is 6.78. The van der Waals surface area contributed by atoms with Crippen molar-refractivity contribution in [1.29, 1.82) is 0 Å². The van der Waals surface area contributed by atoms with Crippen molar-refractivity contribution in [2.24, 2.45) is 5.92 Å². The number of hydrogen-bond donors (Lipinski definition) is 1. The molecule has 0 aliphatic heterocycles. The average Bonchev–Trinajstić information content (AvgIpc) is 2.33. The second-order valence-corrected chi connectivity index (χ2v) is 5.71. The van der Waals surface area contributed by atoms with Crippen LogP contribution in [0.4, 0.5) is 5.82 Å². The zero-order valence-electron chi connectivity index (χ0n) is 12.8. The smallest absolute Gasteiger partial charge is 0.329 e. The maximum atomic E-state index is 12.4. The molecule has 1 rings (SSSR count). The second-order valence-electron chi connectivity index (χ2n) is 5.71. The fourth-order valence-corrected chi connectivity index (χ4v) is 2.08. The van der Waals surface area contributed by atoms with Crippen LogP contribution in [0.1, 0.15) is 34.6 Å². The highest BCUT2D eigenvalue weighted by molar-refractivity contribution is 5.82. The van der Waals surface area contributed by atoms with Gasteiger partial charge in [0.2, 0.25) is 0 Å². The molecule has 1 heterocycles. The number of anilines is 1. The van der Waals surface area contributed by atoms with Gasteiger partial charge < -0.3 is 14.6 Å². The van der Waals surface area contributed by atoms with E-state index in [1.807, 2.05) is 20.8 Å². The summed E-state index contributed by atoms with van der Waals surface area (Å²) in [6, 6.07) is 0. The van der Waals surface area contributed by atoms with Crippen molar-refractivity contribution < 1.29 is 9.90 Å². The lowest BCUT2D eigenvalue weighted by Crippen LogP contribution is -2.52. The van der Waals surface area contributed by atoms with Crippen LogP contribution in [-0.2, 0) is 11.3 Å². The normalized spacial score (nSPS) is 11.7. The molecule has 0 unspecified atom stereocenters. The van der Waals surface area contributed by atoms with Crippen molar-refractivity contribution in [2.75, 3.05) is 11.4 Å². The second kappa shape index (κ2) is 6.07. The molecule has 0 atom stereocenters. The minimum atomic E-state index is -1.18. The van der Waals surface area contributed by atoms with E-state index in [0.29, 0.717) is 19.0 Å². The summed E-state index contributed by atoms with van der Waals surface area (Å²) in [4.78, 5) is 29.4. The van der Waals surface area contributed by atoms with Gasteiger partial charge in [-0.05, 0) is 26.7 Å². The molecule has 0 aromatic carbocycles. The van der Waals surface area contributed by atoms with E-state index in [0.717, 1.165) is 0 Å². The highest BCUT2D eigenvalue weighted by atomic mass is 16.4. The zero-order valence-corrected chi connectivity index (χ0v) is 12.8. The Morgan fingerprint density at radius 2 is 2.10 bits per heavy atom. The van der Waals surface area contributed by atoms with Gasteiger partial charge in [0.1, 0.15) is 5.54 Å². The van der Waals surface area contributed by atoms with Gasteiger partial charge >= 0.3 is 5.97 Å². The van der Waals surface area contributed by atoms with Crippen LogP contribution in [0.25, 0.3) is 0 Å². The molecule has 0 saturated heterocycles. The summed E-state index contributed by atoms with van der Waals surface area (Å²) in [5.41, 5.74) is -1.44. The van der Waals surface area contributed by atoms with Gasteiger partial charge in [0.25, 0.3) is 5.56 Å². The molecule has 6 heteroatoms. The number of carbonyl (C=O) groups is 1. The summed E-state index contributed by atoms with van der Waals surface area (Å²) in [5.74, 6) is -0.478. The van der Waals surface area contributed by atoms with Crippen LogP contribution in [0.3, 0.4) is 0 Å². The molecular weight excluding hydrogens is 258 g/mol. The van der Waals surface area contributed by atoms with E-state index < -0.39 is 11.5 Å². The van der Waals surface area contributed by atoms with E-state index in [1.54, 1.807) is 30.8 Å². The number of aliphatic carboxylic acids is 1. The molecule has 0 fully saturated rings. The SMILES string of the molecule is CCN(c1nccn(CC(C)C)c1=O)C(C)(C)C(=O)O. The van der Waals surface area contributed by atoms with Crippen molar-refractivity contribution in [1.82, 2.24) is 9.55 Å². The molecule has 0 aliphatic rings. The van der Waals surface area contributed by atoms with Crippen LogP contribution in [0, 0.1) is 5.92 Å². The Morgan fingerprint density at radius 1 is 1.50 bits per heavy atom. The van der Waals surface area contributed by atoms with E-state index >= 15 is 0 Å². The predicted octanol–water partition coefficient (Wildman–Crippen LogP) is 1.59. The first-order valence-corrected chi connectivity index (χ1v) is 6.78.